The van der Waals surface area contributed by atoms with Gasteiger partial charge in [0.2, 0.25) is 0 Å². The molecule has 0 saturated carbocycles. The number of aliphatic imine (C=N–C) groups is 1. The van der Waals surface area contributed by atoms with E-state index in [1.165, 1.54) is 5.56 Å². The van der Waals surface area contributed by atoms with E-state index in [9.17, 15) is 0 Å². The Morgan fingerprint density at radius 1 is 1.16 bits per heavy atom. The zero-order chi connectivity index (χ0) is 17.9. The van der Waals surface area contributed by atoms with E-state index in [-0.39, 0.29) is 24.0 Å². The van der Waals surface area contributed by atoms with E-state index in [1.807, 2.05) is 25.0 Å². The normalized spacial score (nSPS) is 12.0. The van der Waals surface area contributed by atoms with Crippen LogP contribution in [0.3, 0.4) is 0 Å². The molecule has 0 aliphatic heterocycles. The van der Waals surface area contributed by atoms with Gasteiger partial charge in [0.1, 0.15) is 0 Å². The van der Waals surface area contributed by atoms with Crippen LogP contribution in [0, 0.1) is 0 Å². The minimum atomic E-state index is 0. The third-order valence-corrected chi connectivity index (χ3v) is 4.13. The molecule has 0 aliphatic carbocycles. The first-order chi connectivity index (χ1) is 11.4. The summed E-state index contributed by atoms with van der Waals surface area (Å²) in [4.78, 5) is 6.81. The molecule has 0 aliphatic rings. The number of nitrogens with one attached hydrogen (secondary N) is 2. The first-order valence-corrected chi connectivity index (χ1v) is 9.11. The molecule has 0 saturated heterocycles. The Hall–Kier alpha value is -0.830. The lowest BCUT2D eigenvalue weighted by atomic mass is 10.2. The molecule has 7 heteroatoms. The summed E-state index contributed by atoms with van der Waals surface area (Å²) in [7, 11) is 3.78. The number of nitrogens with zero attached hydrogens (tertiary/aromatic N) is 4. The van der Waals surface area contributed by atoms with E-state index in [2.05, 4.69) is 59.5 Å². The SMILES string of the molecule is CN=C(NCCCc1cnn(C)c1)NCCCN(C(C)C)C(C)C.I. The van der Waals surface area contributed by atoms with Crippen LogP contribution in [-0.4, -0.2) is 59.4 Å². The first-order valence-electron chi connectivity index (χ1n) is 9.11. The zero-order valence-electron chi connectivity index (χ0n) is 16.7. The molecule has 0 amide bonds. The lowest BCUT2D eigenvalue weighted by molar-refractivity contribution is 0.173. The summed E-state index contributed by atoms with van der Waals surface area (Å²) in [5.74, 6) is 0.891. The number of guanidine groups is 1. The Morgan fingerprint density at radius 2 is 1.76 bits per heavy atom. The molecule has 0 bridgehead atoms. The van der Waals surface area contributed by atoms with Crippen LogP contribution in [0.2, 0.25) is 0 Å². The molecule has 0 spiro atoms. The molecule has 1 rings (SSSR count). The number of aryl methyl sites for hydroxylation is 2. The number of hydrogen-bond donors (Lipinski definition) is 2. The second-order valence-corrected chi connectivity index (χ2v) is 6.83. The van der Waals surface area contributed by atoms with E-state index in [4.69, 9.17) is 0 Å². The van der Waals surface area contributed by atoms with Gasteiger partial charge in [0, 0.05) is 52.0 Å². The molecule has 1 aromatic rings. The van der Waals surface area contributed by atoms with Gasteiger partial charge >= 0.3 is 0 Å². The highest BCUT2D eigenvalue weighted by molar-refractivity contribution is 14.0. The van der Waals surface area contributed by atoms with Gasteiger partial charge < -0.3 is 10.6 Å². The monoisotopic (exact) mass is 464 g/mol. The summed E-state index contributed by atoms with van der Waals surface area (Å²) in [6, 6.07) is 1.19. The minimum absolute atomic E-state index is 0. The Morgan fingerprint density at radius 3 is 2.24 bits per heavy atom. The summed E-state index contributed by atoms with van der Waals surface area (Å²) in [6.45, 7) is 12.0. The average Bonchev–Trinajstić information content (AvgIpc) is 2.93. The van der Waals surface area contributed by atoms with Gasteiger partial charge in [0.15, 0.2) is 5.96 Å². The topological polar surface area (TPSA) is 57.5 Å². The first kappa shape index (κ1) is 24.2. The van der Waals surface area contributed by atoms with Gasteiger partial charge in [0.05, 0.1) is 6.20 Å². The fourth-order valence-electron chi connectivity index (χ4n) is 2.90. The molecular formula is C18H37IN6. The van der Waals surface area contributed by atoms with Gasteiger partial charge in [0.25, 0.3) is 0 Å². The maximum Gasteiger partial charge on any atom is 0.190 e. The highest BCUT2D eigenvalue weighted by atomic mass is 127. The lowest BCUT2D eigenvalue weighted by Gasteiger charge is -2.30. The molecule has 2 N–H and O–H groups in total. The van der Waals surface area contributed by atoms with Crippen molar-refractivity contribution in [3.8, 4) is 0 Å². The summed E-state index contributed by atoms with van der Waals surface area (Å²) >= 11 is 0. The summed E-state index contributed by atoms with van der Waals surface area (Å²) in [5, 5.41) is 11.0. The Balaban J connectivity index is 0.00000576. The second-order valence-electron chi connectivity index (χ2n) is 6.83. The number of aromatic nitrogens is 2. The molecule has 1 heterocycles. The minimum Gasteiger partial charge on any atom is -0.356 e. The average molecular weight is 464 g/mol. The molecule has 0 unspecified atom stereocenters. The van der Waals surface area contributed by atoms with E-state index >= 15 is 0 Å². The van der Waals surface area contributed by atoms with Crippen LogP contribution in [-0.2, 0) is 13.5 Å². The third-order valence-electron chi connectivity index (χ3n) is 4.13. The van der Waals surface area contributed by atoms with E-state index in [0.29, 0.717) is 12.1 Å². The van der Waals surface area contributed by atoms with Crippen molar-refractivity contribution in [2.24, 2.45) is 12.0 Å². The fraction of sp³-hybridized carbons (Fsp3) is 0.778. The molecular weight excluding hydrogens is 427 g/mol. The van der Waals surface area contributed by atoms with Crippen LogP contribution < -0.4 is 10.6 Å². The smallest absolute Gasteiger partial charge is 0.190 e. The largest absolute Gasteiger partial charge is 0.356 e. The summed E-state index contributed by atoms with van der Waals surface area (Å²) < 4.78 is 1.85. The molecule has 6 nitrogen and oxygen atoms in total. The maximum absolute atomic E-state index is 4.29. The van der Waals surface area contributed by atoms with Crippen LogP contribution in [0.25, 0.3) is 0 Å². The highest BCUT2D eigenvalue weighted by Gasteiger charge is 2.12. The fourth-order valence-corrected chi connectivity index (χ4v) is 2.90. The standard InChI is InChI=1S/C18H36N6.HI/c1-15(2)24(16(3)4)12-8-11-21-18(19-5)20-10-7-9-17-13-22-23(6)14-17;/h13-16H,7-12H2,1-6H3,(H2,19,20,21);1H. The molecule has 0 aromatic carbocycles. The van der Waals surface area contributed by atoms with Gasteiger partial charge in [-0.15, -0.1) is 24.0 Å². The van der Waals surface area contributed by atoms with E-state index in [1.54, 1.807) is 0 Å². The molecule has 25 heavy (non-hydrogen) atoms. The maximum atomic E-state index is 4.29. The summed E-state index contributed by atoms with van der Waals surface area (Å²) in [6.07, 6.45) is 7.23. The predicted octanol–water partition coefficient (Wildman–Crippen LogP) is 2.64. The van der Waals surface area contributed by atoms with Crippen molar-refractivity contribution >= 4 is 29.9 Å². The van der Waals surface area contributed by atoms with E-state index in [0.717, 1.165) is 44.9 Å². The van der Waals surface area contributed by atoms with Crippen molar-refractivity contribution in [2.75, 3.05) is 26.7 Å². The summed E-state index contributed by atoms with van der Waals surface area (Å²) in [5.41, 5.74) is 1.28. The van der Waals surface area contributed by atoms with Crippen molar-refractivity contribution in [1.29, 1.82) is 0 Å². The number of halogens is 1. The van der Waals surface area contributed by atoms with E-state index < -0.39 is 0 Å². The lowest BCUT2D eigenvalue weighted by Crippen LogP contribution is -2.41. The van der Waals surface area contributed by atoms with Crippen LogP contribution in [0.4, 0.5) is 0 Å². The van der Waals surface area contributed by atoms with Crippen LogP contribution in [0.5, 0.6) is 0 Å². The van der Waals surface area contributed by atoms with Crippen LogP contribution >= 0.6 is 24.0 Å². The number of hydrogen-bond acceptors (Lipinski definition) is 3. The van der Waals surface area contributed by atoms with Gasteiger partial charge in [-0.1, -0.05) is 0 Å². The van der Waals surface area contributed by atoms with Gasteiger partial charge in [-0.05, 0) is 52.5 Å². The van der Waals surface area contributed by atoms with Crippen molar-refractivity contribution in [2.45, 2.75) is 59.0 Å². The van der Waals surface area contributed by atoms with Gasteiger partial charge in [-0.3, -0.25) is 14.6 Å². The quantitative estimate of drug-likeness (QED) is 0.242. The second kappa shape index (κ2) is 13.4. The predicted molar refractivity (Wildman–Crippen MR) is 118 cm³/mol. The zero-order valence-corrected chi connectivity index (χ0v) is 19.1. The van der Waals surface area contributed by atoms with Gasteiger partial charge in [-0.25, -0.2) is 0 Å². The van der Waals surface area contributed by atoms with Crippen molar-refractivity contribution in [1.82, 2.24) is 25.3 Å². The molecule has 146 valence electrons. The van der Waals surface area contributed by atoms with Crippen molar-refractivity contribution < 1.29 is 0 Å². The number of rotatable bonds is 10. The third kappa shape index (κ3) is 10.0. The molecule has 0 atom stereocenters. The highest BCUT2D eigenvalue weighted by Crippen LogP contribution is 2.05. The molecule has 1 aromatic heterocycles. The molecule has 0 fully saturated rings. The van der Waals surface area contributed by atoms with Crippen molar-refractivity contribution in [3.05, 3.63) is 18.0 Å². The van der Waals surface area contributed by atoms with Crippen LogP contribution in [0.1, 0.15) is 46.1 Å². The Labute approximate surface area is 170 Å². The Bertz CT molecular complexity index is 476. The van der Waals surface area contributed by atoms with Gasteiger partial charge in [-0.2, -0.15) is 5.10 Å². The Kier molecular flexibility index (Phi) is 12.9. The van der Waals surface area contributed by atoms with Crippen LogP contribution in [0.15, 0.2) is 17.4 Å². The van der Waals surface area contributed by atoms with Crippen molar-refractivity contribution in [3.63, 3.8) is 0 Å². The molecule has 0 radical (unpaired) electrons.